The van der Waals surface area contributed by atoms with E-state index >= 15 is 0 Å². The molecule has 4 nitrogen and oxygen atoms in total. The Morgan fingerprint density at radius 1 is 1.11 bits per heavy atom. The molecular formula is C30H32F3N3O. The highest BCUT2D eigenvalue weighted by Gasteiger charge is 2.30. The van der Waals surface area contributed by atoms with Crippen LogP contribution >= 0.6 is 0 Å². The molecule has 2 aromatic carbocycles. The molecule has 0 amide bonds. The van der Waals surface area contributed by atoms with E-state index in [1.165, 1.54) is 17.7 Å². The van der Waals surface area contributed by atoms with Crippen LogP contribution < -0.4 is 4.74 Å². The molecule has 0 aliphatic heterocycles. The summed E-state index contributed by atoms with van der Waals surface area (Å²) in [5, 5.41) is 0. The van der Waals surface area contributed by atoms with E-state index in [1.807, 2.05) is 31.6 Å². The third-order valence-corrected chi connectivity index (χ3v) is 5.85. The van der Waals surface area contributed by atoms with Crippen molar-refractivity contribution in [2.24, 2.45) is 4.99 Å². The first-order chi connectivity index (χ1) is 17.7. The van der Waals surface area contributed by atoms with E-state index in [2.05, 4.69) is 57.4 Å². The quantitative estimate of drug-likeness (QED) is 0.256. The molecule has 3 rings (SSSR count). The first-order valence-corrected chi connectivity index (χ1v) is 12.0. The van der Waals surface area contributed by atoms with Gasteiger partial charge in [0.25, 0.3) is 0 Å². The lowest BCUT2D eigenvalue weighted by Crippen LogP contribution is -2.19. The Hall–Kier alpha value is -3.71. The van der Waals surface area contributed by atoms with Crippen molar-refractivity contribution in [1.82, 2.24) is 9.88 Å². The first-order valence-electron chi connectivity index (χ1n) is 12.0. The summed E-state index contributed by atoms with van der Waals surface area (Å²) in [6.45, 7) is 7.28. The minimum absolute atomic E-state index is 0.225. The highest BCUT2D eigenvalue weighted by Crippen LogP contribution is 2.26. The van der Waals surface area contributed by atoms with Gasteiger partial charge in [0.15, 0.2) is 0 Å². The van der Waals surface area contributed by atoms with Gasteiger partial charge >= 0.3 is 6.36 Å². The summed E-state index contributed by atoms with van der Waals surface area (Å²) in [7, 11) is 3.74. The van der Waals surface area contributed by atoms with E-state index in [1.54, 1.807) is 25.4 Å². The molecule has 1 aromatic heterocycles. The van der Waals surface area contributed by atoms with Crippen LogP contribution in [0, 0.1) is 6.92 Å². The monoisotopic (exact) mass is 507 g/mol. The minimum atomic E-state index is -4.70. The summed E-state index contributed by atoms with van der Waals surface area (Å²) < 4.78 is 41.3. The Balaban J connectivity index is 1.77. The van der Waals surface area contributed by atoms with Crippen LogP contribution in [0.3, 0.4) is 0 Å². The molecule has 0 unspecified atom stereocenters. The number of pyridine rings is 1. The maximum atomic E-state index is 12.4. The molecule has 0 fully saturated rings. The van der Waals surface area contributed by atoms with Crippen molar-refractivity contribution in [2.75, 3.05) is 14.1 Å². The second-order valence-electron chi connectivity index (χ2n) is 8.88. The largest absolute Gasteiger partial charge is 0.573 e. The van der Waals surface area contributed by atoms with Crippen LogP contribution in [0.5, 0.6) is 5.75 Å². The van der Waals surface area contributed by atoms with Gasteiger partial charge in [-0.05, 0) is 90.0 Å². The minimum Gasteiger partial charge on any atom is -0.406 e. The summed E-state index contributed by atoms with van der Waals surface area (Å²) >= 11 is 0. The fourth-order valence-corrected chi connectivity index (χ4v) is 4.24. The van der Waals surface area contributed by atoms with Crippen molar-refractivity contribution >= 4 is 17.9 Å². The molecule has 3 aromatic rings. The number of alkyl halides is 3. The lowest BCUT2D eigenvalue weighted by Gasteiger charge is -2.21. The number of halogens is 3. The number of hydrogen-bond acceptors (Lipinski definition) is 4. The molecule has 7 heteroatoms. The molecule has 0 N–H and O–H groups in total. The zero-order valence-corrected chi connectivity index (χ0v) is 21.4. The molecule has 0 aliphatic rings. The first kappa shape index (κ1) is 27.9. The SMILES string of the molecule is C=Cc1c(C)cc(/C(C=NC)=C/CCc2cccnc2)cc1CN(C)Cc1ccc(OC(F)(F)F)cc1. The topological polar surface area (TPSA) is 37.7 Å². The number of rotatable bonds is 11. The normalized spacial score (nSPS) is 12.4. The summed E-state index contributed by atoms with van der Waals surface area (Å²) in [4.78, 5) is 10.6. The Morgan fingerprint density at radius 2 is 1.86 bits per heavy atom. The molecule has 194 valence electrons. The molecule has 0 atom stereocenters. The van der Waals surface area contributed by atoms with Gasteiger partial charge in [0.05, 0.1) is 0 Å². The zero-order valence-electron chi connectivity index (χ0n) is 21.4. The molecular weight excluding hydrogens is 475 g/mol. The maximum absolute atomic E-state index is 12.4. The highest BCUT2D eigenvalue weighted by molar-refractivity contribution is 6.09. The van der Waals surface area contributed by atoms with Crippen molar-refractivity contribution in [2.45, 2.75) is 39.2 Å². The molecule has 0 bridgehead atoms. The number of aliphatic imine (C=N–C) groups is 1. The van der Waals surface area contributed by atoms with Crippen molar-refractivity contribution < 1.29 is 17.9 Å². The number of hydrogen-bond donors (Lipinski definition) is 0. The van der Waals surface area contributed by atoms with Crippen LogP contribution in [0.15, 0.2) is 78.6 Å². The van der Waals surface area contributed by atoms with Crippen LogP contribution in [-0.4, -0.2) is 36.6 Å². The van der Waals surface area contributed by atoms with E-state index in [-0.39, 0.29) is 5.75 Å². The fourth-order valence-electron chi connectivity index (χ4n) is 4.24. The van der Waals surface area contributed by atoms with Gasteiger partial charge in [0, 0.05) is 38.7 Å². The van der Waals surface area contributed by atoms with Crippen molar-refractivity contribution in [3.8, 4) is 5.75 Å². The van der Waals surface area contributed by atoms with Crippen LogP contribution in [0.25, 0.3) is 11.6 Å². The molecule has 0 radical (unpaired) electrons. The van der Waals surface area contributed by atoms with Crippen LogP contribution in [0.1, 0.15) is 39.8 Å². The van der Waals surface area contributed by atoms with Gasteiger partial charge in [0.2, 0.25) is 0 Å². The van der Waals surface area contributed by atoms with Gasteiger partial charge in [0.1, 0.15) is 5.75 Å². The number of aromatic nitrogens is 1. The Labute approximate surface area is 216 Å². The molecule has 1 heterocycles. The second kappa shape index (κ2) is 13.0. The van der Waals surface area contributed by atoms with Crippen LogP contribution in [0.4, 0.5) is 13.2 Å². The average Bonchev–Trinajstić information content (AvgIpc) is 2.84. The van der Waals surface area contributed by atoms with E-state index < -0.39 is 6.36 Å². The zero-order chi connectivity index (χ0) is 26.8. The molecule has 0 spiro atoms. The standard InChI is InChI=1S/C30H32F3N3O/c1-5-29-22(2)16-26(25(19-34-3)10-6-8-23-9-7-15-35-18-23)17-27(29)21-36(4)20-24-11-13-28(14-12-24)37-30(31,32)33/h5,7,9-19H,1,6,8,20-21H2,2-4H3/b25-10+,34-19?. The molecule has 0 aliphatic carbocycles. The lowest BCUT2D eigenvalue weighted by atomic mass is 9.94. The van der Waals surface area contributed by atoms with Gasteiger partial charge in [-0.15, -0.1) is 13.2 Å². The number of ether oxygens (including phenoxy) is 1. The third kappa shape index (κ3) is 8.72. The van der Waals surface area contributed by atoms with Gasteiger partial charge in [-0.3, -0.25) is 14.9 Å². The predicted molar refractivity (Wildman–Crippen MR) is 145 cm³/mol. The fraction of sp³-hybridized carbons (Fsp3) is 0.267. The van der Waals surface area contributed by atoms with Crippen LogP contribution in [0.2, 0.25) is 0 Å². The van der Waals surface area contributed by atoms with E-state index in [4.69, 9.17) is 0 Å². The summed E-state index contributed by atoms with van der Waals surface area (Å²) in [5.74, 6) is -0.225. The third-order valence-electron chi connectivity index (χ3n) is 5.85. The summed E-state index contributed by atoms with van der Waals surface area (Å²) in [6, 6.07) is 14.3. The van der Waals surface area contributed by atoms with Gasteiger partial charge in [-0.25, -0.2) is 0 Å². The number of allylic oxidation sites excluding steroid dienone is 2. The second-order valence-corrected chi connectivity index (χ2v) is 8.88. The predicted octanol–water partition coefficient (Wildman–Crippen LogP) is 7.28. The Morgan fingerprint density at radius 3 is 2.49 bits per heavy atom. The van der Waals surface area contributed by atoms with E-state index in [0.29, 0.717) is 13.1 Å². The number of aryl methyl sites for hydroxylation is 2. The maximum Gasteiger partial charge on any atom is 0.573 e. The van der Waals surface area contributed by atoms with Gasteiger partial charge < -0.3 is 4.74 Å². The van der Waals surface area contributed by atoms with Crippen molar-refractivity contribution in [1.29, 1.82) is 0 Å². The molecule has 0 saturated carbocycles. The van der Waals surface area contributed by atoms with Gasteiger partial charge in [-0.1, -0.05) is 43.0 Å². The summed E-state index contributed by atoms with van der Waals surface area (Å²) in [5.41, 5.74) is 7.52. The Kier molecular flexibility index (Phi) is 9.80. The lowest BCUT2D eigenvalue weighted by molar-refractivity contribution is -0.274. The Bertz CT molecular complexity index is 1230. The summed E-state index contributed by atoms with van der Waals surface area (Å²) in [6.07, 6.45) is 6.65. The number of nitrogens with zero attached hydrogens (tertiary/aromatic N) is 3. The molecule has 37 heavy (non-hydrogen) atoms. The van der Waals surface area contributed by atoms with E-state index in [0.717, 1.165) is 46.2 Å². The van der Waals surface area contributed by atoms with E-state index in [9.17, 15) is 13.2 Å². The molecule has 0 saturated heterocycles. The van der Waals surface area contributed by atoms with Gasteiger partial charge in [-0.2, -0.15) is 0 Å². The van der Waals surface area contributed by atoms with Crippen molar-refractivity contribution in [3.63, 3.8) is 0 Å². The van der Waals surface area contributed by atoms with Crippen LogP contribution in [-0.2, 0) is 19.5 Å². The highest BCUT2D eigenvalue weighted by atomic mass is 19.4. The number of benzene rings is 2. The smallest absolute Gasteiger partial charge is 0.406 e. The average molecular weight is 508 g/mol. The van der Waals surface area contributed by atoms with Crippen molar-refractivity contribution in [3.05, 3.63) is 107 Å².